The van der Waals surface area contributed by atoms with Gasteiger partial charge in [0, 0.05) is 22.7 Å². The van der Waals surface area contributed by atoms with Crippen molar-refractivity contribution < 1.29 is 0 Å². The topological polar surface area (TPSA) is 6.48 Å². The second kappa shape index (κ2) is 14.2. The summed E-state index contributed by atoms with van der Waals surface area (Å²) in [6.07, 6.45) is 0. The molecule has 0 heterocycles. The fourth-order valence-electron chi connectivity index (χ4n) is 3.03. The summed E-state index contributed by atoms with van der Waals surface area (Å²) in [5.41, 5.74) is 3.98. The van der Waals surface area contributed by atoms with E-state index in [1.807, 2.05) is 131 Å². The number of rotatable bonds is 4. The van der Waals surface area contributed by atoms with Gasteiger partial charge >= 0.3 is 23.1 Å². The Morgan fingerprint density at radius 2 is 0.606 bits per heavy atom. The molecule has 4 rings (SSSR count). The van der Waals surface area contributed by atoms with Crippen molar-refractivity contribution in [1.29, 1.82) is 0 Å². The van der Waals surface area contributed by atoms with E-state index in [0.29, 0.717) is 8.64 Å². The van der Waals surface area contributed by atoms with Gasteiger partial charge in [0.25, 0.3) is 0 Å². The second-order valence-corrected chi connectivity index (χ2v) is 8.61. The van der Waals surface area contributed by atoms with Crippen molar-refractivity contribution in [1.82, 2.24) is 0 Å². The van der Waals surface area contributed by atoms with Gasteiger partial charge in [-0.25, -0.2) is 0 Å². The first-order chi connectivity index (χ1) is 15.6. The molecule has 0 saturated carbocycles. The van der Waals surface area contributed by atoms with E-state index in [1.165, 1.54) is 0 Å². The summed E-state index contributed by atoms with van der Waals surface area (Å²) in [6.45, 7) is 0. The van der Waals surface area contributed by atoms with Gasteiger partial charge in [-0.3, -0.25) is 0 Å². The Morgan fingerprint density at radius 1 is 0.424 bits per heavy atom. The minimum atomic E-state index is 0. The van der Waals surface area contributed by atoms with Gasteiger partial charge in [0.2, 0.25) is 0 Å². The number of thiocarbonyl (C=S) groups is 2. The maximum absolute atomic E-state index is 5.12. The molecule has 4 aromatic rings. The third-order valence-electron chi connectivity index (χ3n) is 4.42. The molecular formula is C26H20MgN2S4. The van der Waals surface area contributed by atoms with E-state index in [2.05, 4.69) is 0 Å². The van der Waals surface area contributed by atoms with Crippen LogP contribution < -0.4 is 9.80 Å². The number of benzene rings is 4. The van der Waals surface area contributed by atoms with Crippen LogP contribution in [0.25, 0.3) is 0 Å². The third-order valence-corrected chi connectivity index (χ3v) is 5.15. The van der Waals surface area contributed by atoms with Crippen molar-refractivity contribution in [3.63, 3.8) is 0 Å². The monoisotopic (exact) mass is 512 g/mol. The summed E-state index contributed by atoms with van der Waals surface area (Å²) in [5.74, 6) is 0. The van der Waals surface area contributed by atoms with Crippen LogP contribution in [0.2, 0.25) is 0 Å². The van der Waals surface area contributed by atoms with Gasteiger partial charge in [-0.05, 0) is 48.5 Å². The molecule has 0 atom stereocenters. The molecule has 0 amide bonds. The quantitative estimate of drug-likeness (QED) is 0.165. The van der Waals surface area contributed by atoms with Crippen molar-refractivity contribution >= 4 is 104 Å². The Bertz CT molecular complexity index is 956. The number of para-hydroxylation sites is 4. The number of nitrogens with zero attached hydrogens (tertiary/aromatic N) is 2. The Labute approximate surface area is 233 Å². The zero-order valence-electron chi connectivity index (χ0n) is 17.8. The van der Waals surface area contributed by atoms with Crippen LogP contribution in [0.1, 0.15) is 0 Å². The van der Waals surface area contributed by atoms with Crippen LogP contribution in [0.15, 0.2) is 121 Å². The number of anilines is 4. The van der Waals surface area contributed by atoms with E-state index in [-0.39, 0.29) is 23.1 Å². The molecule has 0 saturated heterocycles. The predicted molar refractivity (Wildman–Crippen MR) is 156 cm³/mol. The average Bonchev–Trinajstić information content (AvgIpc) is 2.82. The summed E-state index contributed by atoms with van der Waals surface area (Å²) in [4.78, 5) is 3.76. The van der Waals surface area contributed by atoms with Gasteiger partial charge < -0.3 is 59.5 Å². The minimum Gasteiger partial charge on any atom is -0.411 e. The van der Waals surface area contributed by atoms with Gasteiger partial charge in [-0.15, -0.1) is 0 Å². The van der Waals surface area contributed by atoms with Crippen LogP contribution in [0.5, 0.6) is 0 Å². The van der Waals surface area contributed by atoms with Crippen LogP contribution in [-0.4, -0.2) is 31.7 Å². The van der Waals surface area contributed by atoms with E-state index in [0.717, 1.165) is 22.7 Å². The Kier molecular flexibility index (Phi) is 11.7. The smallest absolute Gasteiger partial charge is 0.411 e. The molecule has 0 spiro atoms. The zero-order chi connectivity index (χ0) is 22.8. The average molecular weight is 513 g/mol. The predicted octanol–water partition coefficient (Wildman–Crippen LogP) is 6.93. The van der Waals surface area contributed by atoms with Crippen molar-refractivity contribution in [2.75, 3.05) is 9.80 Å². The van der Waals surface area contributed by atoms with E-state index in [9.17, 15) is 0 Å². The van der Waals surface area contributed by atoms with Crippen LogP contribution >= 0.6 is 24.4 Å². The molecule has 160 valence electrons. The molecule has 0 fully saturated rings. The van der Waals surface area contributed by atoms with Crippen molar-refractivity contribution in [3.05, 3.63) is 121 Å². The standard InChI is InChI=1S/2C13H11NS2.Mg/c2*15-13(16)14(11-7-3-1-4-8-11)12-9-5-2-6-10-12;/h2*1-10H,(H,15,16);/q;;+2/p-2. The largest absolute Gasteiger partial charge is 2.00 e. The van der Waals surface area contributed by atoms with Gasteiger partial charge in [-0.1, -0.05) is 81.4 Å². The molecule has 0 aliphatic carbocycles. The summed E-state index contributed by atoms with van der Waals surface area (Å²) >= 11 is 20.5. The summed E-state index contributed by atoms with van der Waals surface area (Å²) in [7, 11) is 0. The minimum absolute atomic E-state index is 0. The molecule has 33 heavy (non-hydrogen) atoms. The fraction of sp³-hybridized carbons (Fsp3) is 0. The third kappa shape index (κ3) is 7.99. The summed E-state index contributed by atoms with van der Waals surface area (Å²) in [6, 6.07) is 39.6. The molecule has 0 N–H and O–H groups in total. The van der Waals surface area contributed by atoms with Crippen molar-refractivity contribution in [2.24, 2.45) is 0 Å². The molecule has 0 unspecified atom stereocenters. The molecule has 2 nitrogen and oxygen atoms in total. The summed E-state index contributed by atoms with van der Waals surface area (Å²) in [5, 5.41) is 0. The maximum atomic E-state index is 5.12. The van der Waals surface area contributed by atoms with Crippen LogP contribution in [0, 0.1) is 0 Å². The van der Waals surface area contributed by atoms with Gasteiger partial charge in [-0.2, -0.15) is 0 Å². The molecule has 0 aliphatic heterocycles. The van der Waals surface area contributed by atoms with Gasteiger partial charge in [0.1, 0.15) is 0 Å². The van der Waals surface area contributed by atoms with E-state index in [1.54, 1.807) is 0 Å². The summed E-state index contributed by atoms with van der Waals surface area (Å²) < 4.78 is 0.856. The van der Waals surface area contributed by atoms with E-state index >= 15 is 0 Å². The van der Waals surface area contributed by atoms with Gasteiger partial charge in [0.05, 0.1) is 0 Å². The van der Waals surface area contributed by atoms with E-state index in [4.69, 9.17) is 49.7 Å². The van der Waals surface area contributed by atoms with Crippen molar-refractivity contribution in [3.8, 4) is 0 Å². The molecule has 4 aromatic carbocycles. The molecular weight excluding hydrogens is 493 g/mol. The van der Waals surface area contributed by atoms with E-state index < -0.39 is 0 Å². The fourth-order valence-corrected chi connectivity index (χ4v) is 3.87. The zero-order valence-corrected chi connectivity index (χ0v) is 22.5. The molecule has 7 heteroatoms. The van der Waals surface area contributed by atoms with Crippen molar-refractivity contribution in [2.45, 2.75) is 0 Å². The van der Waals surface area contributed by atoms with Crippen LogP contribution in [0.4, 0.5) is 22.7 Å². The molecule has 0 bridgehead atoms. The second-order valence-electron chi connectivity index (χ2n) is 6.54. The Balaban J connectivity index is 0.000000227. The normalized spacial score (nSPS) is 9.45. The molecule has 0 radical (unpaired) electrons. The first-order valence-corrected chi connectivity index (χ1v) is 11.4. The Hall–Kier alpha value is -2.13. The molecule has 0 aliphatic rings. The SMILES string of the molecule is S=C([S-])N(c1ccccc1)c1ccccc1.S=C([S-])N(c1ccccc1)c1ccccc1.[Mg+2]. The molecule has 0 aromatic heterocycles. The maximum Gasteiger partial charge on any atom is 2.00 e. The van der Waals surface area contributed by atoms with Gasteiger partial charge in [0.15, 0.2) is 0 Å². The van der Waals surface area contributed by atoms with Crippen LogP contribution in [0.3, 0.4) is 0 Å². The number of hydrogen-bond acceptors (Lipinski definition) is 4. The van der Waals surface area contributed by atoms with Crippen LogP contribution in [-0.2, 0) is 25.3 Å². The Morgan fingerprint density at radius 3 is 0.758 bits per heavy atom. The first-order valence-electron chi connectivity index (χ1n) is 9.80. The number of hydrogen-bond donors (Lipinski definition) is 0. The first kappa shape index (κ1) is 27.1.